The van der Waals surface area contributed by atoms with Crippen molar-refractivity contribution in [1.82, 2.24) is 29.5 Å². The predicted molar refractivity (Wildman–Crippen MR) is 232 cm³/mol. The fraction of sp³-hybridized carbons (Fsp3) is 0.447. The number of benzene rings is 2. The fourth-order valence-electron chi connectivity index (χ4n) is 9.50. The molecule has 0 saturated carbocycles. The van der Waals surface area contributed by atoms with Gasteiger partial charge in [-0.15, -0.1) is 0 Å². The summed E-state index contributed by atoms with van der Waals surface area (Å²) < 4.78 is 12.0. The maximum Gasteiger partial charge on any atom is 0.407 e. The number of allylic oxidation sites excluding steroid dienone is 1. The Balaban J connectivity index is 1.01. The molecule has 2 aromatic carbocycles. The first kappa shape index (κ1) is 40.8. The van der Waals surface area contributed by atoms with Crippen LogP contribution in [0.15, 0.2) is 65.9 Å². The molecule has 0 unspecified atom stereocenters. The summed E-state index contributed by atoms with van der Waals surface area (Å²) in [7, 11) is 2.66. The highest BCUT2D eigenvalue weighted by Gasteiger charge is 2.39. The van der Waals surface area contributed by atoms with Gasteiger partial charge in [-0.05, 0) is 91.3 Å². The minimum atomic E-state index is -0.692. The number of carbonyl (C=O) groups excluding carboxylic acids is 4. The van der Waals surface area contributed by atoms with Crippen molar-refractivity contribution in [3.8, 4) is 11.3 Å². The summed E-state index contributed by atoms with van der Waals surface area (Å²) in [5, 5.41) is 6.11. The van der Waals surface area contributed by atoms with Gasteiger partial charge in [0.15, 0.2) is 0 Å². The molecule has 3 aliphatic rings. The number of aliphatic imine (C=N–C) groups is 1. The zero-order valence-electron chi connectivity index (χ0n) is 35.6. The van der Waals surface area contributed by atoms with Gasteiger partial charge in [-0.2, -0.15) is 0 Å². The molecular weight excluding hydrogens is 759 g/mol. The molecule has 0 spiro atoms. The van der Waals surface area contributed by atoms with E-state index in [-0.39, 0.29) is 48.1 Å². The molecule has 0 radical (unpaired) electrons. The number of carbonyl (C=O) groups is 4. The SMILES string of the molecule is COC(=O)C[C@H](C(=O)N1CCC[C@@H]1C1=NC=C(c2ccc3c(c2)cc(C)n2c4ccc(-c5cnc([C@@H]6CCCN6C(=O)[C@@H](NC(=O)OC)C(C)C)[nH]5)cc4cc32)C1)C(C)C. The van der Waals surface area contributed by atoms with Gasteiger partial charge in [0.05, 0.1) is 61.6 Å². The highest BCUT2D eigenvalue weighted by atomic mass is 16.5. The normalized spacial score (nSPS) is 19.1. The third kappa shape index (κ3) is 7.54. The van der Waals surface area contributed by atoms with Crippen LogP contribution in [0.1, 0.15) is 89.3 Å². The zero-order chi connectivity index (χ0) is 42.4. The summed E-state index contributed by atoms with van der Waals surface area (Å²) in [6.07, 6.45) is 7.35. The number of amides is 3. The summed E-state index contributed by atoms with van der Waals surface area (Å²) >= 11 is 0. The van der Waals surface area contributed by atoms with Crippen LogP contribution in [0.25, 0.3) is 44.0 Å². The predicted octanol–water partition coefficient (Wildman–Crippen LogP) is 8.00. The van der Waals surface area contributed by atoms with Crippen molar-refractivity contribution in [2.24, 2.45) is 22.7 Å². The van der Waals surface area contributed by atoms with Gasteiger partial charge in [-0.25, -0.2) is 9.78 Å². The number of ether oxygens (including phenoxy) is 2. The van der Waals surface area contributed by atoms with Crippen LogP contribution < -0.4 is 5.32 Å². The molecule has 6 heterocycles. The van der Waals surface area contributed by atoms with Crippen LogP contribution in [0.5, 0.6) is 0 Å². The first-order valence-corrected chi connectivity index (χ1v) is 21.2. The number of nitrogens with one attached hydrogen (secondary N) is 2. The summed E-state index contributed by atoms with van der Waals surface area (Å²) in [5.74, 6) is -0.259. The summed E-state index contributed by atoms with van der Waals surface area (Å²) in [6.45, 7) is 11.2. The number of pyridine rings is 1. The minimum absolute atomic E-state index is 0.0108. The lowest BCUT2D eigenvalue weighted by molar-refractivity contribution is -0.148. The molecule has 2 fully saturated rings. The molecule has 13 heteroatoms. The van der Waals surface area contributed by atoms with Gasteiger partial charge >= 0.3 is 12.1 Å². The molecule has 0 aliphatic carbocycles. The quantitative estimate of drug-likeness (QED) is 0.128. The number of H-pyrrole nitrogens is 1. The largest absolute Gasteiger partial charge is 0.469 e. The van der Waals surface area contributed by atoms with Crippen molar-refractivity contribution in [3.63, 3.8) is 0 Å². The van der Waals surface area contributed by atoms with E-state index in [1.165, 1.54) is 14.2 Å². The molecule has 8 rings (SSSR count). The van der Waals surface area contributed by atoms with Crippen molar-refractivity contribution in [2.45, 2.75) is 91.3 Å². The van der Waals surface area contributed by atoms with E-state index in [1.807, 2.05) is 49.9 Å². The maximum atomic E-state index is 13.8. The number of aryl methyl sites for hydroxylation is 1. The molecule has 3 amide bonds. The molecule has 3 aliphatic heterocycles. The van der Waals surface area contributed by atoms with Crippen molar-refractivity contribution in [2.75, 3.05) is 27.3 Å². The number of aromatic amines is 1. The number of hydrogen-bond donors (Lipinski definition) is 2. The van der Waals surface area contributed by atoms with Gasteiger partial charge in [0.2, 0.25) is 11.8 Å². The second-order valence-corrected chi connectivity index (χ2v) is 17.2. The molecule has 2 saturated heterocycles. The summed E-state index contributed by atoms with van der Waals surface area (Å²) in [5.41, 5.74) is 8.48. The van der Waals surface area contributed by atoms with Crippen LogP contribution >= 0.6 is 0 Å². The van der Waals surface area contributed by atoms with E-state index in [0.29, 0.717) is 19.5 Å². The first-order valence-electron chi connectivity index (χ1n) is 21.2. The van der Waals surface area contributed by atoms with Gasteiger partial charge in [-0.3, -0.25) is 19.4 Å². The summed E-state index contributed by atoms with van der Waals surface area (Å²) in [4.78, 5) is 68.6. The van der Waals surface area contributed by atoms with Gasteiger partial charge in [0.25, 0.3) is 0 Å². The monoisotopic (exact) mass is 813 g/mol. The zero-order valence-corrected chi connectivity index (χ0v) is 35.6. The average molecular weight is 814 g/mol. The lowest BCUT2D eigenvalue weighted by Crippen LogP contribution is -2.51. The minimum Gasteiger partial charge on any atom is -0.469 e. The van der Waals surface area contributed by atoms with E-state index in [9.17, 15) is 19.2 Å². The van der Waals surface area contributed by atoms with E-state index in [4.69, 9.17) is 19.5 Å². The third-order valence-corrected chi connectivity index (χ3v) is 12.8. The van der Waals surface area contributed by atoms with E-state index in [2.05, 4.69) is 70.2 Å². The fourth-order valence-corrected chi connectivity index (χ4v) is 9.50. The molecule has 314 valence electrons. The second kappa shape index (κ2) is 16.6. The Morgan fingerprint density at radius 3 is 2.27 bits per heavy atom. The van der Waals surface area contributed by atoms with Crippen LogP contribution in [-0.2, 0) is 23.9 Å². The molecule has 4 atom stereocenters. The molecule has 5 aromatic rings. The first-order chi connectivity index (χ1) is 28.9. The van der Waals surface area contributed by atoms with Gasteiger partial charge in [0.1, 0.15) is 11.9 Å². The molecule has 2 N–H and O–H groups in total. The molecule has 60 heavy (non-hydrogen) atoms. The number of fused-ring (bicyclic) bond motifs is 5. The topological polar surface area (TPSA) is 151 Å². The number of imidazole rings is 1. The average Bonchev–Trinajstić information content (AvgIpc) is 4.09. The van der Waals surface area contributed by atoms with Crippen molar-refractivity contribution < 1.29 is 28.7 Å². The number of nitrogens with zero attached hydrogens (tertiary/aromatic N) is 5. The summed E-state index contributed by atoms with van der Waals surface area (Å²) in [6, 6.07) is 16.6. The van der Waals surface area contributed by atoms with Gasteiger partial charge in [0, 0.05) is 53.5 Å². The Morgan fingerprint density at radius 1 is 0.833 bits per heavy atom. The van der Waals surface area contributed by atoms with E-state index >= 15 is 0 Å². The molecule has 13 nitrogen and oxygen atoms in total. The van der Waals surface area contributed by atoms with Crippen molar-refractivity contribution >= 4 is 62.4 Å². The standard InChI is InChI=1S/C47H55N7O6/c1-26(2)35(23-42(55)59-6)45(56)52-16-8-10-39(52)36-21-33(24-48-36)29-12-14-34-31(19-29)18-28(5)54-38-15-13-30(20-32(38)22-41(34)54)37-25-49-44(50-37)40-11-9-17-53(40)46(57)43(27(3)4)51-47(58)60-7/h12-15,18-20,22,24-27,35,39-40,43H,8-11,16-17,21,23H2,1-7H3,(H,49,50)(H,51,58)/t35-,39+,40-,43-/m0/s1. The molecule has 0 bridgehead atoms. The van der Waals surface area contributed by atoms with Crippen LogP contribution in [0, 0.1) is 24.7 Å². The Bertz CT molecular complexity index is 2560. The number of esters is 1. The maximum absolute atomic E-state index is 13.8. The Kier molecular flexibility index (Phi) is 11.3. The number of rotatable bonds is 11. The van der Waals surface area contributed by atoms with Gasteiger partial charge < -0.3 is 34.0 Å². The van der Waals surface area contributed by atoms with Crippen LogP contribution in [0.2, 0.25) is 0 Å². The highest BCUT2D eigenvalue weighted by molar-refractivity contribution is 6.07. The number of aromatic nitrogens is 3. The van der Waals surface area contributed by atoms with Crippen molar-refractivity contribution in [1.29, 1.82) is 0 Å². The number of methoxy groups -OCH3 is 2. The second-order valence-electron chi connectivity index (χ2n) is 17.2. The Morgan fingerprint density at radius 2 is 1.55 bits per heavy atom. The van der Waals surface area contributed by atoms with E-state index < -0.39 is 18.1 Å². The molecule has 3 aromatic heterocycles. The number of likely N-dealkylation sites (tertiary alicyclic amines) is 2. The van der Waals surface area contributed by atoms with Gasteiger partial charge in [-0.1, -0.05) is 45.9 Å². The van der Waals surface area contributed by atoms with Crippen LogP contribution in [-0.4, -0.2) is 93.1 Å². The number of alkyl carbamates (subject to hydrolysis) is 1. The van der Waals surface area contributed by atoms with Crippen LogP contribution in [0.4, 0.5) is 4.79 Å². The Hall–Kier alpha value is -5.98. The molecular formula is C47H55N7O6. The third-order valence-electron chi connectivity index (χ3n) is 12.8. The van der Waals surface area contributed by atoms with Crippen molar-refractivity contribution in [3.05, 3.63) is 78.0 Å². The lowest BCUT2D eigenvalue weighted by Gasteiger charge is -2.30. The van der Waals surface area contributed by atoms with Crippen LogP contribution in [0.3, 0.4) is 0 Å². The number of hydrogen-bond acceptors (Lipinski definition) is 8. The Labute approximate surface area is 350 Å². The lowest BCUT2D eigenvalue weighted by atomic mass is 9.90. The van der Waals surface area contributed by atoms with E-state index in [0.717, 1.165) is 92.5 Å². The van der Waals surface area contributed by atoms with E-state index in [1.54, 1.807) is 0 Å². The smallest absolute Gasteiger partial charge is 0.407 e. The highest BCUT2D eigenvalue weighted by Crippen LogP contribution is 2.37.